The smallest absolute Gasteiger partial charge is 0.0440 e. The van der Waals surface area contributed by atoms with E-state index in [-0.39, 0.29) is 0 Å². The molecule has 0 spiro atoms. The van der Waals surface area contributed by atoms with Gasteiger partial charge in [0.2, 0.25) is 0 Å². The number of hydrogen-bond acceptors (Lipinski definition) is 0. The van der Waals surface area contributed by atoms with Crippen LogP contribution in [0.5, 0.6) is 0 Å². The molecule has 0 saturated carbocycles. The Morgan fingerprint density at radius 3 is 2.76 bits per heavy atom. The van der Waals surface area contributed by atoms with Gasteiger partial charge in [-0.2, -0.15) is 0 Å². The van der Waals surface area contributed by atoms with Crippen LogP contribution in [0.2, 0.25) is 5.02 Å². The summed E-state index contributed by atoms with van der Waals surface area (Å²) in [6.07, 6.45) is 6.25. The van der Waals surface area contributed by atoms with Gasteiger partial charge < -0.3 is 0 Å². The highest BCUT2D eigenvalue weighted by Crippen LogP contribution is 2.47. The largest absolute Gasteiger partial charge is 0.0840 e. The minimum atomic E-state index is 0.368. The summed E-state index contributed by atoms with van der Waals surface area (Å²) >= 11 is 6.37. The lowest BCUT2D eigenvalue weighted by atomic mass is 9.61. The van der Waals surface area contributed by atoms with Crippen LogP contribution in [-0.2, 0) is 11.8 Å². The molecule has 0 amide bonds. The number of rotatable bonds is 3. The average molecular weight is 251 g/mol. The molecule has 0 radical (unpaired) electrons. The van der Waals surface area contributed by atoms with E-state index in [0.29, 0.717) is 5.41 Å². The lowest BCUT2D eigenvalue weighted by Crippen LogP contribution is -2.36. The molecule has 1 aromatic rings. The van der Waals surface area contributed by atoms with Crippen LogP contribution in [0.1, 0.15) is 57.6 Å². The topological polar surface area (TPSA) is 0 Å². The van der Waals surface area contributed by atoms with Gasteiger partial charge in [0.15, 0.2) is 0 Å². The van der Waals surface area contributed by atoms with Crippen molar-refractivity contribution in [3.05, 3.63) is 34.3 Å². The number of fused-ring (bicyclic) bond motifs is 1. The molecule has 0 fully saturated rings. The van der Waals surface area contributed by atoms with Gasteiger partial charge in [-0.3, -0.25) is 0 Å². The first-order valence-corrected chi connectivity index (χ1v) is 7.31. The van der Waals surface area contributed by atoms with Gasteiger partial charge in [-0.1, -0.05) is 50.9 Å². The molecular formula is C16H23Cl. The second kappa shape index (κ2) is 5.02. The van der Waals surface area contributed by atoms with E-state index < -0.39 is 0 Å². The van der Waals surface area contributed by atoms with E-state index in [1.807, 2.05) is 6.07 Å². The van der Waals surface area contributed by atoms with Crippen molar-refractivity contribution in [3.8, 4) is 0 Å². The van der Waals surface area contributed by atoms with Crippen molar-refractivity contribution >= 4 is 11.6 Å². The maximum atomic E-state index is 6.37. The molecule has 0 saturated heterocycles. The summed E-state index contributed by atoms with van der Waals surface area (Å²) in [5, 5.41) is 0.975. The Morgan fingerprint density at radius 2 is 2.12 bits per heavy atom. The maximum absolute atomic E-state index is 6.37. The Labute approximate surface area is 110 Å². The van der Waals surface area contributed by atoms with Crippen LogP contribution < -0.4 is 0 Å². The molecule has 1 aromatic carbocycles. The van der Waals surface area contributed by atoms with Crippen molar-refractivity contribution in [3.63, 3.8) is 0 Å². The summed E-state index contributed by atoms with van der Waals surface area (Å²) in [7, 11) is 0. The van der Waals surface area contributed by atoms with Gasteiger partial charge in [-0.15, -0.1) is 0 Å². The SMILES string of the molecule is CCC(C)C1(CC)CCCc2c(Cl)cccc21. The van der Waals surface area contributed by atoms with Crippen molar-refractivity contribution in [1.82, 2.24) is 0 Å². The predicted octanol–water partition coefficient (Wildman–Crippen LogP) is 5.37. The second-order valence-corrected chi connectivity index (χ2v) is 5.85. The van der Waals surface area contributed by atoms with Crippen LogP contribution in [0.4, 0.5) is 0 Å². The standard InChI is InChI=1S/C16H23Cl/c1-4-12(3)16(5-2)11-7-8-13-14(16)9-6-10-15(13)17/h6,9-10,12H,4-5,7-8,11H2,1-3H3. The fraction of sp³-hybridized carbons (Fsp3) is 0.625. The summed E-state index contributed by atoms with van der Waals surface area (Å²) in [6, 6.07) is 6.48. The van der Waals surface area contributed by atoms with Crippen molar-refractivity contribution in [2.75, 3.05) is 0 Å². The third kappa shape index (κ3) is 2.01. The van der Waals surface area contributed by atoms with E-state index in [0.717, 1.165) is 17.4 Å². The van der Waals surface area contributed by atoms with Crippen LogP contribution in [0, 0.1) is 5.92 Å². The first-order valence-electron chi connectivity index (χ1n) is 6.93. The number of benzene rings is 1. The summed E-state index contributed by atoms with van der Waals surface area (Å²) < 4.78 is 0. The monoisotopic (exact) mass is 250 g/mol. The lowest BCUT2D eigenvalue weighted by Gasteiger charge is -2.43. The highest BCUT2D eigenvalue weighted by atomic mass is 35.5. The van der Waals surface area contributed by atoms with Crippen molar-refractivity contribution in [2.24, 2.45) is 5.92 Å². The first-order chi connectivity index (χ1) is 8.15. The van der Waals surface area contributed by atoms with E-state index in [1.54, 1.807) is 0 Å². The fourth-order valence-corrected chi connectivity index (χ4v) is 3.88. The van der Waals surface area contributed by atoms with Gasteiger partial charge in [0, 0.05) is 5.02 Å². The van der Waals surface area contributed by atoms with Crippen LogP contribution >= 0.6 is 11.6 Å². The van der Waals surface area contributed by atoms with Gasteiger partial charge in [-0.05, 0) is 54.2 Å². The Bertz CT molecular complexity index is 397. The molecule has 0 heterocycles. The van der Waals surface area contributed by atoms with Crippen LogP contribution in [-0.4, -0.2) is 0 Å². The summed E-state index contributed by atoms with van der Waals surface area (Å²) in [4.78, 5) is 0. The molecule has 1 heteroatoms. The average Bonchev–Trinajstić information content (AvgIpc) is 2.37. The predicted molar refractivity (Wildman–Crippen MR) is 75.8 cm³/mol. The molecule has 17 heavy (non-hydrogen) atoms. The van der Waals surface area contributed by atoms with E-state index in [9.17, 15) is 0 Å². The van der Waals surface area contributed by atoms with E-state index in [1.165, 1.54) is 36.8 Å². The Balaban J connectivity index is 2.55. The molecule has 1 aliphatic carbocycles. The number of hydrogen-bond donors (Lipinski definition) is 0. The molecule has 1 aliphatic rings. The minimum Gasteiger partial charge on any atom is -0.0840 e. The van der Waals surface area contributed by atoms with Crippen molar-refractivity contribution < 1.29 is 0 Å². The summed E-state index contributed by atoms with van der Waals surface area (Å²) in [6.45, 7) is 7.04. The summed E-state index contributed by atoms with van der Waals surface area (Å²) in [5.41, 5.74) is 3.32. The van der Waals surface area contributed by atoms with Crippen LogP contribution in [0.25, 0.3) is 0 Å². The highest BCUT2D eigenvalue weighted by Gasteiger charge is 2.39. The normalized spacial score (nSPS) is 25.4. The third-order valence-electron chi connectivity index (χ3n) is 4.89. The van der Waals surface area contributed by atoms with Gasteiger partial charge >= 0.3 is 0 Å². The molecule has 2 rings (SSSR count). The highest BCUT2D eigenvalue weighted by molar-refractivity contribution is 6.31. The molecular weight excluding hydrogens is 228 g/mol. The zero-order valence-corrected chi connectivity index (χ0v) is 12.0. The molecule has 0 nitrogen and oxygen atoms in total. The molecule has 0 N–H and O–H groups in total. The summed E-state index contributed by atoms with van der Waals surface area (Å²) in [5.74, 6) is 0.741. The van der Waals surface area contributed by atoms with Crippen molar-refractivity contribution in [2.45, 2.75) is 58.3 Å². The Hall–Kier alpha value is -0.490. The second-order valence-electron chi connectivity index (χ2n) is 5.44. The van der Waals surface area contributed by atoms with E-state index >= 15 is 0 Å². The molecule has 2 unspecified atom stereocenters. The van der Waals surface area contributed by atoms with Gasteiger partial charge in [-0.25, -0.2) is 0 Å². The van der Waals surface area contributed by atoms with Gasteiger partial charge in [0.05, 0.1) is 0 Å². The zero-order valence-electron chi connectivity index (χ0n) is 11.2. The quantitative estimate of drug-likeness (QED) is 0.677. The van der Waals surface area contributed by atoms with Gasteiger partial charge in [0.1, 0.15) is 0 Å². The lowest BCUT2D eigenvalue weighted by molar-refractivity contribution is 0.230. The van der Waals surface area contributed by atoms with E-state index in [4.69, 9.17) is 11.6 Å². The molecule has 0 aromatic heterocycles. The third-order valence-corrected chi connectivity index (χ3v) is 5.25. The van der Waals surface area contributed by atoms with Crippen molar-refractivity contribution in [1.29, 1.82) is 0 Å². The molecule has 0 aliphatic heterocycles. The fourth-order valence-electron chi connectivity index (χ4n) is 3.61. The minimum absolute atomic E-state index is 0.368. The zero-order chi connectivity index (χ0) is 12.5. The van der Waals surface area contributed by atoms with Crippen LogP contribution in [0.3, 0.4) is 0 Å². The van der Waals surface area contributed by atoms with Gasteiger partial charge in [0.25, 0.3) is 0 Å². The maximum Gasteiger partial charge on any atom is 0.0440 e. The first kappa shape index (κ1) is 13.0. The van der Waals surface area contributed by atoms with Crippen LogP contribution in [0.15, 0.2) is 18.2 Å². The Kier molecular flexibility index (Phi) is 3.82. The Morgan fingerprint density at radius 1 is 1.35 bits per heavy atom. The molecule has 94 valence electrons. The van der Waals surface area contributed by atoms with E-state index in [2.05, 4.69) is 32.9 Å². The molecule has 2 atom stereocenters. The number of halogens is 1. The molecule has 0 bridgehead atoms.